The number of hydrogen-bond acceptors (Lipinski definition) is 6. The van der Waals surface area contributed by atoms with Crippen LogP contribution in [0.25, 0.3) is 10.2 Å². The summed E-state index contributed by atoms with van der Waals surface area (Å²) in [5, 5.41) is 0.303. The molecule has 6 nitrogen and oxygen atoms in total. The van der Waals surface area contributed by atoms with Gasteiger partial charge in [0.2, 0.25) is 0 Å². The van der Waals surface area contributed by atoms with Crippen LogP contribution in [-0.2, 0) is 10.0 Å². The highest BCUT2D eigenvalue weighted by Crippen LogP contribution is 2.32. The van der Waals surface area contributed by atoms with E-state index in [2.05, 4.69) is 9.71 Å². The molecule has 0 radical (unpaired) electrons. The second-order valence-corrected chi connectivity index (χ2v) is 8.25. The summed E-state index contributed by atoms with van der Waals surface area (Å²) in [5.41, 5.74) is 1.55. The molecular formula is C18H20N2O4S2. The minimum atomic E-state index is -3.82. The molecule has 26 heavy (non-hydrogen) atoms. The van der Waals surface area contributed by atoms with E-state index in [0.717, 1.165) is 16.0 Å². The molecule has 1 N–H and O–H groups in total. The van der Waals surface area contributed by atoms with Gasteiger partial charge in [0.25, 0.3) is 10.0 Å². The number of anilines is 1. The Balaban J connectivity index is 1.94. The monoisotopic (exact) mass is 392 g/mol. The number of nitrogens with one attached hydrogen (secondary N) is 1. The molecule has 0 unspecified atom stereocenters. The van der Waals surface area contributed by atoms with Gasteiger partial charge in [-0.15, -0.1) is 0 Å². The molecular weight excluding hydrogens is 372 g/mol. The van der Waals surface area contributed by atoms with Crippen molar-refractivity contribution in [2.75, 3.05) is 17.9 Å². The van der Waals surface area contributed by atoms with Crippen molar-refractivity contribution in [2.45, 2.75) is 25.7 Å². The van der Waals surface area contributed by atoms with Crippen molar-refractivity contribution in [1.82, 2.24) is 4.98 Å². The van der Waals surface area contributed by atoms with E-state index in [9.17, 15) is 8.42 Å². The fourth-order valence-electron chi connectivity index (χ4n) is 2.48. The molecule has 138 valence electrons. The average molecular weight is 393 g/mol. The Bertz CT molecular complexity index is 1030. The van der Waals surface area contributed by atoms with Gasteiger partial charge in [0, 0.05) is 0 Å². The van der Waals surface area contributed by atoms with E-state index in [1.807, 2.05) is 45.0 Å². The molecule has 0 saturated heterocycles. The first-order valence-electron chi connectivity index (χ1n) is 8.22. The van der Waals surface area contributed by atoms with Crippen molar-refractivity contribution in [3.8, 4) is 11.5 Å². The number of aromatic nitrogens is 1. The second kappa shape index (κ2) is 7.51. The van der Waals surface area contributed by atoms with Gasteiger partial charge in [-0.25, -0.2) is 13.4 Å². The Kier molecular flexibility index (Phi) is 5.33. The van der Waals surface area contributed by atoms with Crippen LogP contribution in [0.3, 0.4) is 0 Å². The first-order valence-corrected chi connectivity index (χ1v) is 10.5. The van der Waals surface area contributed by atoms with Gasteiger partial charge in [-0.1, -0.05) is 17.4 Å². The van der Waals surface area contributed by atoms with Gasteiger partial charge in [0.15, 0.2) is 5.13 Å². The fraction of sp³-hybridized carbons (Fsp3) is 0.278. The number of rotatable bonds is 7. The summed E-state index contributed by atoms with van der Waals surface area (Å²) in [4.78, 5) is 4.46. The summed E-state index contributed by atoms with van der Waals surface area (Å²) >= 11 is 1.26. The third kappa shape index (κ3) is 3.91. The molecule has 0 amide bonds. The van der Waals surface area contributed by atoms with Crippen LogP contribution in [0, 0.1) is 6.92 Å². The number of benzene rings is 2. The van der Waals surface area contributed by atoms with Gasteiger partial charge in [-0.3, -0.25) is 4.72 Å². The average Bonchev–Trinajstić information content (AvgIpc) is 2.97. The molecule has 0 saturated carbocycles. The van der Waals surface area contributed by atoms with E-state index in [-0.39, 0.29) is 4.90 Å². The quantitative estimate of drug-likeness (QED) is 0.652. The molecule has 2 aromatic carbocycles. The molecule has 0 spiro atoms. The van der Waals surface area contributed by atoms with E-state index in [0.29, 0.717) is 29.6 Å². The largest absolute Gasteiger partial charge is 0.494 e. The molecule has 3 aromatic rings. The Labute approximate surface area is 156 Å². The van der Waals surface area contributed by atoms with Gasteiger partial charge in [0.05, 0.1) is 23.4 Å². The minimum absolute atomic E-state index is 0.105. The van der Waals surface area contributed by atoms with Crippen molar-refractivity contribution in [2.24, 2.45) is 0 Å². The predicted octanol–water partition coefficient (Wildman–Crippen LogP) is 4.20. The zero-order valence-corrected chi connectivity index (χ0v) is 16.4. The fourth-order valence-corrected chi connectivity index (χ4v) is 4.83. The van der Waals surface area contributed by atoms with Crippen LogP contribution in [0.1, 0.15) is 19.4 Å². The summed E-state index contributed by atoms with van der Waals surface area (Å²) < 4.78 is 40.0. The molecule has 0 fully saturated rings. The molecule has 0 aliphatic carbocycles. The minimum Gasteiger partial charge on any atom is -0.494 e. The van der Waals surface area contributed by atoms with Crippen LogP contribution in [0.15, 0.2) is 41.3 Å². The second-order valence-electron chi connectivity index (χ2n) is 5.57. The zero-order chi connectivity index (χ0) is 18.7. The first kappa shape index (κ1) is 18.5. The Morgan fingerprint density at radius 2 is 1.85 bits per heavy atom. The van der Waals surface area contributed by atoms with Gasteiger partial charge in [-0.2, -0.15) is 0 Å². The summed E-state index contributed by atoms with van der Waals surface area (Å²) in [6.07, 6.45) is 0. The van der Waals surface area contributed by atoms with Crippen molar-refractivity contribution >= 4 is 36.7 Å². The molecule has 1 aromatic heterocycles. The SMILES string of the molecule is CCOc1ccc2nc(NS(=O)(=O)c3cc(C)ccc3OCC)sc2c1. The van der Waals surface area contributed by atoms with Gasteiger partial charge in [0.1, 0.15) is 16.4 Å². The van der Waals surface area contributed by atoms with Crippen LogP contribution in [0.2, 0.25) is 0 Å². The number of aryl methyl sites for hydroxylation is 1. The highest BCUT2D eigenvalue weighted by molar-refractivity contribution is 7.93. The van der Waals surface area contributed by atoms with E-state index < -0.39 is 10.0 Å². The van der Waals surface area contributed by atoms with Crippen molar-refractivity contribution in [3.05, 3.63) is 42.0 Å². The number of nitrogens with zero attached hydrogens (tertiary/aromatic N) is 1. The van der Waals surface area contributed by atoms with Gasteiger partial charge >= 0.3 is 0 Å². The van der Waals surface area contributed by atoms with E-state index in [4.69, 9.17) is 9.47 Å². The lowest BCUT2D eigenvalue weighted by molar-refractivity contribution is 0.331. The van der Waals surface area contributed by atoms with E-state index >= 15 is 0 Å². The summed E-state index contributed by atoms with van der Waals surface area (Å²) in [6, 6.07) is 10.6. The molecule has 3 rings (SSSR count). The Morgan fingerprint density at radius 1 is 1.08 bits per heavy atom. The molecule has 0 aliphatic heterocycles. The highest BCUT2D eigenvalue weighted by Gasteiger charge is 2.22. The lowest BCUT2D eigenvalue weighted by Crippen LogP contribution is -2.14. The maximum atomic E-state index is 12.8. The maximum absolute atomic E-state index is 12.8. The number of hydrogen-bond donors (Lipinski definition) is 1. The topological polar surface area (TPSA) is 77.5 Å². The van der Waals surface area contributed by atoms with Gasteiger partial charge in [-0.05, 0) is 56.7 Å². The van der Waals surface area contributed by atoms with Crippen LogP contribution in [0.5, 0.6) is 11.5 Å². The summed E-state index contributed by atoms with van der Waals surface area (Å²) in [6.45, 7) is 6.51. The third-order valence-electron chi connectivity index (χ3n) is 3.58. The summed E-state index contributed by atoms with van der Waals surface area (Å²) in [7, 11) is -3.82. The maximum Gasteiger partial charge on any atom is 0.267 e. The smallest absolute Gasteiger partial charge is 0.267 e. The van der Waals surface area contributed by atoms with E-state index in [1.54, 1.807) is 12.1 Å². The molecule has 0 aliphatic rings. The lowest BCUT2D eigenvalue weighted by Gasteiger charge is -2.12. The van der Waals surface area contributed by atoms with Gasteiger partial charge < -0.3 is 9.47 Å². The van der Waals surface area contributed by atoms with Crippen molar-refractivity contribution in [3.63, 3.8) is 0 Å². The zero-order valence-electron chi connectivity index (χ0n) is 14.8. The van der Waals surface area contributed by atoms with E-state index in [1.165, 1.54) is 11.3 Å². The van der Waals surface area contributed by atoms with Crippen molar-refractivity contribution < 1.29 is 17.9 Å². The lowest BCUT2D eigenvalue weighted by atomic mass is 10.2. The molecule has 1 heterocycles. The first-order chi connectivity index (χ1) is 12.4. The Hall–Kier alpha value is -2.32. The highest BCUT2D eigenvalue weighted by atomic mass is 32.2. The molecule has 0 atom stereocenters. The van der Waals surface area contributed by atoms with Crippen LogP contribution >= 0.6 is 11.3 Å². The number of fused-ring (bicyclic) bond motifs is 1. The standard InChI is InChI=1S/C18H20N2O4S2/c1-4-23-13-7-8-14-16(11-13)25-18(19-14)20-26(21,22)17-10-12(3)6-9-15(17)24-5-2/h6-11H,4-5H2,1-3H3,(H,19,20). The van der Waals surface area contributed by atoms with Crippen LogP contribution in [0.4, 0.5) is 5.13 Å². The Morgan fingerprint density at radius 3 is 2.58 bits per heavy atom. The third-order valence-corrected chi connectivity index (χ3v) is 6.00. The summed E-state index contributed by atoms with van der Waals surface area (Å²) in [5.74, 6) is 1.06. The normalized spacial score (nSPS) is 11.5. The predicted molar refractivity (Wildman–Crippen MR) is 104 cm³/mol. The number of thiazole rings is 1. The van der Waals surface area contributed by atoms with Crippen LogP contribution < -0.4 is 14.2 Å². The van der Waals surface area contributed by atoms with Crippen LogP contribution in [-0.4, -0.2) is 26.6 Å². The molecule has 0 bridgehead atoms. The number of ether oxygens (including phenoxy) is 2. The number of sulfonamides is 1. The van der Waals surface area contributed by atoms with Crippen molar-refractivity contribution in [1.29, 1.82) is 0 Å². The molecule has 8 heteroatoms.